The molecular formula is C11H13N3O. The van der Waals surface area contributed by atoms with Crippen molar-refractivity contribution < 1.29 is 4.74 Å². The molecule has 0 bridgehead atoms. The van der Waals surface area contributed by atoms with Gasteiger partial charge in [0.2, 0.25) is 0 Å². The summed E-state index contributed by atoms with van der Waals surface area (Å²) in [6, 6.07) is 5.64. The van der Waals surface area contributed by atoms with Gasteiger partial charge in [0.25, 0.3) is 0 Å². The van der Waals surface area contributed by atoms with E-state index in [4.69, 9.17) is 10.00 Å². The van der Waals surface area contributed by atoms with Gasteiger partial charge in [0, 0.05) is 18.5 Å². The summed E-state index contributed by atoms with van der Waals surface area (Å²) in [6.07, 6.45) is 2.62. The molecule has 15 heavy (non-hydrogen) atoms. The minimum atomic E-state index is -0.0198. The molecule has 0 aromatic carbocycles. The fourth-order valence-corrected chi connectivity index (χ4v) is 1.68. The molecule has 1 N–H and O–H groups in total. The van der Waals surface area contributed by atoms with Gasteiger partial charge in [-0.15, -0.1) is 0 Å². The Labute approximate surface area is 88.9 Å². The summed E-state index contributed by atoms with van der Waals surface area (Å²) in [5.74, 6) is 0. The smallest absolute Gasteiger partial charge is 0.142 e. The van der Waals surface area contributed by atoms with Crippen molar-refractivity contribution in [3.63, 3.8) is 0 Å². The Hall–Kier alpha value is -1.60. The van der Waals surface area contributed by atoms with Gasteiger partial charge < -0.3 is 10.1 Å². The third-order valence-corrected chi connectivity index (χ3v) is 2.54. The third kappa shape index (κ3) is 2.25. The molecule has 0 radical (unpaired) electrons. The first-order valence-electron chi connectivity index (χ1n) is 4.94. The van der Waals surface area contributed by atoms with Gasteiger partial charge in [-0.2, -0.15) is 5.26 Å². The van der Waals surface area contributed by atoms with E-state index in [9.17, 15) is 0 Å². The molecule has 1 aliphatic rings. The van der Waals surface area contributed by atoms with E-state index in [1.807, 2.05) is 12.1 Å². The lowest BCUT2D eigenvalue weighted by molar-refractivity contribution is 0.185. The van der Waals surface area contributed by atoms with Crippen LogP contribution >= 0.6 is 0 Å². The van der Waals surface area contributed by atoms with Crippen LogP contribution in [0.2, 0.25) is 0 Å². The molecule has 0 spiro atoms. The predicted octanol–water partition coefficient (Wildman–Crippen LogP) is 1.54. The summed E-state index contributed by atoms with van der Waals surface area (Å²) in [7, 11) is 0. The fourth-order valence-electron chi connectivity index (χ4n) is 1.68. The average molecular weight is 203 g/mol. The SMILES string of the molecule is CC1(Nc2ccnc(C#N)c2)CCOC1. The summed E-state index contributed by atoms with van der Waals surface area (Å²) >= 11 is 0. The summed E-state index contributed by atoms with van der Waals surface area (Å²) in [6.45, 7) is 3.61. The number of nitriles is 1. The first-order valence-corrected chi connectivity index (χ1v) is 4.94. The molecule has 4 heteroatoms. The number of ether oxygens (including phenoxy) is 1. The average Bonchev–Trinajstić information content (AvgIpc) is 2.65. The van der Waals surface area contributed by atoms with Crippen LogP contribution in [0.3, 0.4) is 0 Å². The lowest BCUT2D eigenvalue weighted by atomic mass is 10.0. The van der Waals surface area contributed by atoms with Crippen molar-refractivity contribution in [2.45, 2.75) is 18.9 Å². The van der Waals surface area contributed by atoms with Gasteiger partial charge in [0.15, 0.2) is 0 Å². The minimum Gasteiger partial charge on any atom is -0.379 e. The molecule has 1 atom stereocenters. The van der Waals surface area contributed by atoms with Crippen molar-refractivity contribution >= 4 is 5.69 Å². The molecule has 1 aromatic rings. The topological polar surface area (TPSA) is 57.9 Å². The minimum absolute atomic E-state index is 0.0198. The Balaban J connectivity index is 2.13. The van der Waals surface area contributed by atoms with Gasteiger partial charge in [-0.05, 0) is 25.5 Å². The van der Waals surface area contributed by atoms with Gasteiger partial charge in [0.05, 0.1) is 12.1 Å². The molecule has 1 aromatic heterocycles. The van der Waals surface area contributed by atoms with E-state index in [1.165, 1.54) is 0 Å². The lowest BCUT2D eigenvalue weighted by Crippen LogP contribution is -2.34. The van der Waals surface area contributed by atoms with Crippen LogP contribution in [0.15, 0.2) is 18.3 Å². The summed E-state index contributed by atoms with van der Waals surface area (Å²) in [5, 5.41) is 12.1. The maximum absolute atomic E-state index is 8.72. The first kappa shape index (κ1) is 9.94. The molecular weight excluding hydrogens is 190 g/mol. The predicted molar refractivity (Wildman–Crippen MR) is 56.4 cm³/mol. The van der Waals surface area contributed by atoms with Crippen LogP contribution in [0.25, 0.3) is 0 Å². The zero-order chi connectivity index (χ0) is 10.7. The number of hydrogen-bond acceptors (Lipinski definition) is 4. The standard InChI is InChI=1S/C11H13N3O/c1-11(3-5-15-8-11)14-9-2-4-13-10(6-9)7-12/h2,4,6H,3,5,8H2,1H3,(H,13,14). The molecule has 0 aliphatic carbocycles. The van der Waals surface area contributed by atoms with Gasteiger partial charge in [-0.3, -0.25) is 0 Å². The molecule has 4 nitrogen and oxygen atoms in total. The second-order valence-corrected chi connectivity index (χ2v) is 4.03. The largest absolute Gasteiger partial charge is 0.379 e. The quantitative estimate of drug-likeness (QED) is 0.792. The molecule has 0 saturated carbocycles. The van der Waals surface area contributed by atoms with Crippen molar-refractivity contribution in [1.29, 1.82) is 5.26 Å². The Bertz CT molecular complexity index is 391. The molecule has 1 saturated heterocycles. The molecule has 1 aliphatic heterocycles. The van der Waals surface area contributed by atoms with Gasteiger partial charge >= 0.3 is 0 Å². The summed E-state index contributed by atoms with van der Waals surface area (Å²) < 4.78 is 5.35. The highest BCUT2D eigenvalue weighted by atomic mass is 16.5. The molecule has 1 fully saturated rings. The summed E-state index contributed by atoms with van der Waals surface area (Å²) in [5.41, 5.74) is 1.34. The normalized spacial score (nSPS) is 24.8. The number of aromatic nitrogens is 1. The van der Waals surface area contributed by atoms with Crippen molar-refractivity contribution in [2.75, 3.05) is 18.5 Å². The van der Waals surface area contributed by atoms with E-state index in [0.29, 0.717) is 12.3 Å². The van der Waals surface area contributed by atoms with Crippen LogP contribution in [-0.4, -0.2) is 23.7 Å². The van der Waals surface area contributed by atoms with Crippen molar-refractivity contribution in [3.8, 4) is 6.07 Å². The Morgan fingerprint density at radius 3 is 3.20 bits per heavy atom. The highest BCUT2D eigenvalue weighted by Crippen LogP contribution is 2.23. The van der Waals surface area contributed by atoms with Crippen LogP contribution in [0.5, 0.6) is 0 Å². The molecule has 2 heterocycles. The molecule has 2 rings (SSSR count). The van der Waals surface area contributed by atoms with E-state index >= 15 is 0 Å². The van der Waals surface area contributed by atoms with Crippen LogP contribution in [0.1, 0.15) is 19.0 Å². The number of nitrogens with one attached hydrogen (secondary N) is 1. The van der Waals surface area contributed by atoms with Crippen LogP contribution in [-0.2, 0) is 4.74 Å². The summed E-state index contributed by atoms with van der Waals surface area (Å²) in [4.78, 5) is 3.92. The van der Waals surface area contributed by atoms with E-state index in [-0.39, 0.29) is 5.54 Å². The highest BCUT2D eigenvalue weighted by Gasteiger charge is 2.29. The zero-order valence-electron chi connectivity index (χ0n) is 8.66. The molecule has 0 amide bonds. The Morgan fingerprint density at radius 2 is 2.53 bits per heavy atom. The number of hydrogen-bond donors (Lipinski definition) is 1. The number of anilines is 1. The van der Waals surface area contributed by atoms with Crippen molar-refractivity contribution in [2.24, 2.45) is 0 Å². The second-order valence-electron chi connectivity index (χ2n) is 4.03. The zero-order valence-corrected chi connectivity index (χ0v) is 8.66. The lowest BCUT2D eigenvalue weighted by Gasteiger charge is -2.24. The number of pyridine rings is 1. The molecule has 78 valence electrons. The van der Waals surface area contributed by atoms with E-state index in [1.54, 1.807) is 12.3 Å². The van der Waals surface area contributed by atoms with Gasteiger partial charge in [-0.1, -0.05) is 0 Å². The second kappa shape index (κ2) is 3.87. The van der Waals surface area contributed by atoms with Crippen molar-refractivity contribution in [1.82, 2.24) is 4.98 Å². The van der Waals surface area contributed by atoms with E-state index in [2.05, 4.69) is 17.2 Å². The van der Waals surface area contributed by atoms with Crippen LogP contribution in [0.4, 0.5) is 5.69 Å². The van der Waals surface area contributed by atoms with E-state index < -0.39 is 0 Å². The van der Waals surface area contributed by atoms with E-state index in [0.717, 1.165) is 18.7 Å². The van der Waals surface area contributed by atoms with Gasteiger partial charge in [-0.25, -0.2) is 4.98 Å². The monoisotopic (exact) mass is 203 g/mol. The van der Waals surface area contributed by atoms with Crippen LogP contribution < -0.4 is 5.32 Å². The molecule has 1 unspecified atom stereocenters. The van der Waals surface area contributed by atoms with Gasteiger partial charge in [0.1, 0.15) is 11.8 Å². The fraction of sp³-hybridized carbons (Fsp3) is 0.455. The Morgan fingerprint density at radius 1 is 1.67 bits per heavy atom. The third-order valence-electron chi connectivity index (χ3n) is 2.54. The Kier molecular flexibility index (Phi) is 2.57. The van der Waals surface area contributed by atoms with Crippen LogP contribution in [0, 0.1) is 11.3 Å². The maximum atomic E-state index is 8.72. The van der Waals surface area contributed by atoms with Crippen molar-refractivity contribution in [3.05, 3.63) is 24.0 Å². The number of rotatable bonds is 2. The highest BCUT2D eigenvalue weighted by molar-refractivity contribution is 5.48. The number of nitrogens with zero attached hydrogens (tertiary/aromatic N) is 2. The maximum Gasteiger partial charge on any atom is 0.142 e. The first-order chi connectivity index (χ1) is 7.22.